The number of thiazole rings is 1. The summed E-state index contributed by atoms with van der Waals surface area (Å²) in [4.78, 5) is 18.8. The number of aromatic nitrogens is 1. The molecule has 2 aliphatic rings. The van der Waals surface area contributed by atoms with Gasteiger partial charge in [0.1, 0.15) is 0 Å². The van der Waals surface area contributed by atoms with Crippen LogP contribution in [0.4, 0.5) is 5.13 Å². The second kappa shape index (κ2) is 9.34. The predicted molar refractivity (Wildman–Crippen MR) is 119 cm³/mol. The quantitative estimate of drug-likeness (QED) is 0.349. The van der Waals surface area contributed by atoms with Gasteiger partial charge in [-0.15, -0.1) is 17.9 Å². The highest BCUT2D eigenvalue weighted by molar-refractivity contribution is 7.15. The van der Waals surface area contributed by atoms with Gasteiger partial charge in [-0.05, 0) is 30.6 Å². The Morgan fingerprint density at radius 3 is 2.90 bits per heavy atom. The van der Waals surface area contributed by atoms with E-state index >= 15 is 0 Å². The minimum absolute atomic E-state index is 0.0182. The van der Waals surface area contributed by atoms with Gasteiger partial charge >= 0.3 is 0 Å². The van der Waals surface area contributed by atoms with Crippen LogP contribution < -0.4 is 10.6 Å². The van der Waals surface area contributed by atoms with Gasteiger partial charge in [-0.25, -0.2) is 4.98 Å². The Hall–Kier alpha value is -1.48. The van der Waals surface area contributed by atoms with E-state index in [-0.39, 0.29) is 29.8 Å². The smallest absolute Gasteiger partial charge is 0.220 e. The van der Waals surface area contributed by atoms with Crippen molar-refractivity contribution in [1.29, 1.82) is 0 Å². The Kier molecular flexibility index (Phi) is 7.22. The second-order valence-electron chi connectivity index (χ2n) is 9.08. The number of methoxy groups -OCH3 is 1. The fraction of sp³-hybridized carbons (Fsp3) is 0.727. The second-order valence-corrected chi connectivity index (χ2v) is 10.2. The first-order chi connectivity index (χ1) is 14.3. The van der Waals surface area contributed by atoms with Gasteiger partial charge in [0.2, 0.25) is 5.91 Å². The number of nitrogens with zero attached hydrogens (tertiary/aromatic N) is 1. The molecule has 1 saturated carbocycles. The fourth-order valence-electron chi connectivity index (χ4n) is 5.43. The predicted octanol–water partition coefficient (Wildman–Crippen LogP) is 2.31. The van der Waals surface area contributed by atoms with Gasteiger partial charge in [-0.1, -0.05) is 19.9 Å². The molecule has 0 spiro atoms. The number of aliphatic hydroxyl groups is 2. The monoisotopic (exact) mass is 437 g/mol. The molecular formula is C22H35N3O4S. The van der Waals surface area contributed by atoms with Gasteiger partial charge in [0, 0.05) is 42.8 Å². The summed E-state index contributed by atoms with van der Waals surface area (Å²) in [7, 11) is 1.61. The molecule has 0 saturated heterocycles. The summed E-state index contributed by atoms with van der Waals surface area (Å²) >= 11 is 1.61. The molecule has 168 valence electrons. The molecule has 0 aromatic carbocycles. The average Bonchev–Trinajstić information content (AvgIpc) is 3.14. The molecule has 3 rings (SSSR count). The molecule has 1 amide bonds. The molecule has 4 N–H and O–H groups in total. The highest BCUT2D eigenvalue weighted by Crippen LogP contribution is 2.62. The molecule has 0 bridgehead atoms. The maximum Gasteiger partial charge on any atom is 0.220 e. The molecule has 5 atom stereocenters. The summed E-state index contributed by atoms with van der Waals surface area (Å²) in [6.45, 7) is 9.46. The van der Waals surface area contributed by atoms with Gasteiger partial charge in [0.15, 0.2) is 5.13 Å². The van der Waals surface area contributed by atoms with Gasteiger partial charge < -0.3 is 25.6 Å². The largest absolute Gasteiger partial charge is 0.396 e. The van der Waals surface area contributed by atoms with E-state index in [2.05, 4.69) is 24.1 Å². The molecule has 1 fully saturated rings. The van der Waals surface area contributed by atoms with E-state index in [0.717, 1.165) is 28.5 Å². The van der Waals surface area contributed by atoms with Crippen molar-refractivity contribution >= 4 is 22.4 Å². The van der Waals surface area contributed by atoms with Crippen molar-refractivity contribution < 1.29 is 19.7 Å². The van der Waals surface area contributed by atoms with Crippen molar-refractivity contribution in [2.24, 2.45) is 16.7 Å². The van der Waals surface area contributed by atoms with Crippen LogP contribution in [0.5, 0.6) is 0 Å². The number of hydrogen-bond donors (Lipinski definition) is 4. The van der Waals surface area contributed by atoms with E-state index in [1.807, 2.05) is 6.92 Å². The van der Waals surface area contributed by atoms with Crippen LogP contribution in [0, 0.1) is 16.7 Å². The number of hydrogen-bond acceptors (Lipinski definition) is 7. The lowest BCUT2D eigenvalue weighted by atomic mass is 9.47. The van der Waals surface area contributed by atoms with Crippen LogP contribution >= 0.6 is 11.3 Å². The molecule has 0 radical (unpaired) electrons. The van der Waals surface area contributed by atoms with E-state index in [9.17, 15) is 15.0 Å². The summed E-state index contributed by atoms with van der Waals surface area (Å²) in [6.07, 6.45) is 3.76. The summed E-state index contributed by atoms with van der Waals surface area (Å²) < 4.78 is 5.04. The van der Waals surface area contributed by atoms with E-state index in [1.54, 1.807) is 24.5 Å². The Morgan fingerprint density at radius 2 is 2.23 bits per heavy atom. The molecule has 8 heteroatoms. The lowest BCUT2D eigenvalue weighted by Gasteiger charge is -2.58. The standard InChI is InChI=1S/C22H35N3O4S/c1-5-8-24-20-25-19-14(11-18(28)23-9-10-29-4)21(2)7-6-17(27)22(3,13-26)16(21)12-15(19)30-20/h5,14,16-17,26-27H,1,6-13H2,2-4H3,(H,23,28)(H,24,25). The van der Waals surface area contributed by atoms with Crippen LogP contribution in [0.15, 0.2) is 12.7 Å². The van der Waals surface area contributed by atoms with Crippen molar-refractivity contribution in [3.63, 3.8) is 0 Å². The van der Waals surface area contributed by atoms with Gasteiger partial charge in [0.05, 0.1) is 25.0 Å². The third-order valence-electron chi connectivity index (χ3n) is 7.31. The molecule has 1 heterocycles. The number of nitrogens with one attached hydrogen (secondary N) is 2. The van der Waals surface area contributed by atoms with E-state index < -0.39 is 11.5 Å². The SMILES string of the molecule is C=CCNc1nc2c(s1)CC1C(C)(CO)C(O)CCC1(C)C2CC(=O)NCCOC. The third-order valence-corrected chi connectivity index (χ3v) is 8.36. The molecule has 30 heavy (non-hydrogen) atoms. The number of anilines is 1. The van der Waals surface area contributed by atoms with Gasteiger partial charge in [0.25, 0.3) is 0 Å². The maximum atomic E-state index is 12.8. The van der Waals surface area contributed by atoms with Crippen molar-refractivity contribution in [1.82, 2.24) is 10.3 Å². The summed E-state index contributed by atoms with van der Waals surface area (Å²) in [5, 5.41) is 28.1. The van der Waals surface area contributed by atoms with Crippen molar-refractivity contribution in [3.8, 4) is 0 Å². The van der Waals surface area contributed by atoms with Crippen LogP contribution in [0.3, 0.4) is 0 Å². The first-order valence-electron chi connectivity index (χ1n) is 10.7. The number of aliphatic hydroxyl groups excluding tert-OH is 2. The number of ether oxygens (including phenoxy) is 1. The summed E-state index contributed by atoms with van der Waals surface area (Å²) in [5.41, 5.74) is 0.157. The average molecular weight is 438 g/mol. The minimum atomic E-state index is -0.603. The molecule has 0 aliphatic heterocycles. The zero-order valence-corrected chi connectivity index (χ0v) is 19.1. The normalized spacial score (nSPS) is 32.8. The number of rotatable bonds is 9. The molecule has 1 aromatic rings. The van der Waals surface area contributed by atoms with Crippen LogP contribution in [0.25, 0.3) is 0 Å². The summed E-state index contributed by atoms with van der Waals surface area (Å²) in [6, 6.07) is 0. The zero-order chi connectivity index (χ0) is 21.9. The number of fused-ring (bicyclic) bond motifs is 2. The Balaban J connectivity index is 1.97. The van der Waals surface area contributed by atoms with Crippen LogP contribution in [-0.4, -0.2) is 60.6 Å². The minimum Gasteiger partial charge on any atom is -0.396 e. The molecule has 2 aliphatic carbocycles. The van der Waals surface area contributed by atoms with Crippen LogP contribution in [-0.2, 0) is 16.0 Å². The number of carbonyl (C=O) groups excluding carboxylic acids is 1. The number of amides is 1. The van der Waals surface area contributed by atoms with Crippen LogP contribution in [0.2, 0.25) is 0 Å². The van der Waals surface area contributed by atoms with Gasteiger partial charge in [-0.3, -0.25) is 4.79 Å². The molecular weight excluding hydrogens is 402 g/mol. The van der Waals surface area contributed by atoms with Crippen molar-refractivity contribution in [3.05, 3.63) is 23.2 Å². The van der Waals surface area contributed by atoms with E-state index in [1.165, 1.54) is 0 Å². The van der Waals surface area contributed by atoms with E-state index in [4.69, 9.17) is 9.72 Å². The third kappa shape index (κ3) is 4.15. The lowest BCUT2D eigenvalue weighted by molar-refractivity contribution is -0.144. The fourth-order valence-corrected chi connectivity index (χ4v) is 6.51. The van der Waals surface area contributed by atoms with E-state index in [0.29, 0.717) is 32.5 Å². The maximum absolute atomic E-state index is 12.8. The molecule has 5 unspecified atom stereocenters. The Morgan fingerprint density at radius 1 is 1.47 bits per heavy atom. The zero-order valence-electron chi connectivity index (χ0n) is 18.2. The molecule has 7 nitrogen and oxygen atoms in total. The first-order valence-corrected chi connectivity index (χ1v) is 11.5. The summed E-state index contributed by atoms with van der Waals surface area (Å²) in [5.74, 6) is -0.0197. The highest BCUT2D eigenvalue weighted by atomic mass is 32.1. The highest BCUT2D eigenvalue weighted by Gasteiger charge is 2.59. The first kappa shape index (κ1) is 23.2. The Labute approximate surface area is 182 Å². The van der Waals surface area contributed by atoms with Crippen molar-refractivity contribution in [2.75, 3.05) is 38.7 Å². The Bertz CT molecular complexity index is 770. The topological polar surface area (TPSA) is 104 Å². The van der Waals surface area contributed by atoms with Gasteiger partial charge in [-0.2, -0.15) is 0 Å². The van der Waals surface area contributed by atoms with Crippen LogP contribution in [0.1, 0.15) is 49.6 Å². The number of carbonyl (C=O) groups is 1. The van der Waals surface area contributed by atoms with Crippen molar-refractivity contribution in [2.45, 2.75) is 51.6 Å². The lowest BCUT2D eigenvalue weighted by Crippen LogP contribution is -2.57. The molecule has 1 aromatic heterocycles.